The van der Waals surface area contributed by atoms with Crippen molar-refractivity contribution < 1.29 is 4.74 Å². The van der Waals surface area contributed by atoms with Gasteiger partial charge in [0, 0.05) is 22.0 Å². The summed E-state index contributed by atoms with van der Waals surface area (Å²) in [4.78, 5) is 4.26. The summed E-state index contributed by atoms with van der Waals surface area (Å²) >= 11 is 5.16. The SMILES string of the molecule is Cc1cc(Br)cc(CNCC(C)C)c1OCc1cscn1. The summed E-state index contributed by atoms with van der Waals surface area (Å²) in [7, 11) is 0. The molecular formula is C16H21BrN2OS. The van der Waals surface area contributed by atoms with E-state index in [9.17, 15) is 0 Å². The average Bonchev–Trinajstić information content (AvgIpc) is 2.90. The van der Waals surface area contributed by atoms with E-state index >= 15 is 0 Å². The molecule has 3 nitrogen and oxygen atoms in total. The van der Waals surface area contributed by atoms with Gasteiger partial charge in [-0.25, -0.2) is 4.98 Å². The van der Waals surface area contributed by atoms with Crippen molar-refractivity contribution in [2.45, 2.75) is 33.9 Å². The van der Waals surface area contributed by atoms with Crippen LogP contribution in [0.1, 0.15) is 30.7 Å². The Hall–Kier alpha value is -0.910. The first-order chi connectivity index (χ1) is 10.1. The van der Waals surface area contributed by atoms with Crippen LogP contribution in [0.4, 0.5) is 0 Å². The van der Waals surface area contributed by atoms with Crippen molar-refractivity contribution in [2.75, 3.05) is 6.54 Å². The van der Waals surface area contributed by atoms with Crippen LogP contribution in [-0.2, 0) is 13.2 Å². The van der Waals surface area contributed by atoms with Gasteiger partial charge in [-0.1, -0.05) is 29.8 Å². The number of benzene rings is 1. The van der Waals surface area contributed by atoms with Gasteiger partial charge in [-0.3, -0.25) is 0 Å². The predicted octanol–water partition coefficient (Wildman–Crippen LogP) is 4.54. The molecule has 1 aromatic carbocycles. The van der Waals surface area contributed by atoms with Crippen LogP contribution in [0.2, 0.25) is 0 Å². The quantitative estimate of drug-likeness (QED) is 0.778. The van der Waals surface area contributed by atoms with E-state index in [1.807, 2.05) is 10.9 Å². The first-order valence-corrected chi connectivity index (χ1v) is 8.79. The van der Waals surface area contributed by atoms with Crippen LogP contribution in [0.15, 0.2) is 27.5 Å². The molecule has 1 aromatic heterocycles. The van der Waals surface area contributed by atoms with Gasteiger partial charge in [0.25, 0.3) is 0 Å². The topological polar surface area (TPSA) is 34.1 Å². The second-order valence-corrected chi connectivity index (χ2v) is 7.14. The lowest BCUT2D eigenvalue weighted by molar-refractivity contribution is 0.296. The average molecular weight is 369 g/mol. The van der Waals surface area contributed by atoms with Gasteiger partial charge in [-0.15, -0.1) is 11.3 Å². The van der Waals surface area contributed by atoms with Crippen molar-refractivity contribution >= 4 is 27.3 Å². The second kappa shape index (κ2) is 7.92. The smallest absolute Gasteiger partial charge is 0.131 e. The molecule has 0 aliphatic rings. The zero-order valence-corrected chi connectivity index (χ0v) is 15.1. The molecule has 0 atom stereocenters. The molecule has 0 saturated heterocycles. The number of aryl methyl sites for hydroxylation is 1. The minimum Gasteiger partial charge on any atom is -0.487 e. The highest BCUT2D eigenvalue weighted by Crippen LogP contribution is 2.29. The van der Waals surface area contributed by atoms with E-state index in [4.69, 9.17) is 4.74 Å². The van der Waals surface area contributed by atoms with Gasteiger partial charge in [0.1, 0.15) is 12.4 Å². The highest BCUT2D eigenvalue weighted by atomic mass is 79.9. The van der Waals surface area contributed by atoms with E-state index in [1.54, 1.807) is 11.3 Å². The Morgan fingerprint density at radius 2 is 2.19 bits per heavy atom. The molecule has 0 fully saturated rings. The molecule has 0 unspecified atom stereocenters. The number of hydrogen-bond donors (Lipinski definition) is 1. The maximum atomic E-state index is 6.01. The van der Waals surface area contributed by atoms with E-state index in [0.29, 0.717) is 12.5 Å². The summed E-state index contributed by atoms with van der Waals surface area (Å²) in [6, 6.07) is 4.21. The maximum absolute atomic E-state index is 6.01. The van der Waals surface area contributed by atoms with Crippen molar-refractivity contribution in [3.63, 3.8) is 0 Å². The van der Waals surface area contributed by atoms with Gasteiger partial charge in [-0.05, 0) is 37.1 Å². The molecule has 0 bridgehead atoms. The normalized spacial score (nSPS) is 11.1. The zero-order chi connectivity index (χ0) is 15.2. The first kappa shape index (κ1) is 16.5. The fraction of sp³-hybridized carbons (Fsp3) is 0.438. The van der Waals surface area contributed by atoms with E-state index in [0.717, 1.165) is 34.6 Å². The Kier molecular flexibility index (Phi) is 6.21. The molecule has 0 radical (unpaired) electrons. The zero-order valence-electron chi connectivity index (χ0n) is 12.6. The third-order valence-corrected chi connectivity index (χ3v) is 4.13. The first-order valence-electron chi connectivity index (χ1n) is 7.06. The highest BCUT2D eigenvalue weighted by molar-refractivity contribution is 9.10. The van der Waals surface area contributed by atoms with Gasteiger partial charge in [0.05, 0.1) is 11.2 Å². The predicted molar refractivity (Wildman–Crippen MR) is 91.9 cm³/mol. The van der Waals surface area contributed by atoms with Crippen molar-refractivity contribution in [3.05, 3.63) is 44.3 Å². The molecule has 114 valence electrons. The van der Waals surface area contributed by atoms with Gasteiger partial charge in [-0.2, -0.15) is 0 Å². The molecule has 0 spiro atoms. The van der Waals surface area contributed by atoms with E-state index in [1.165, 1.54) is 5.56 Å². The van der Waals surface area contributed by atoms with E-state index in [2.05, 4.69) is 59.1 Å². The number of hydrogen-bond acceptors (Lipinski definition) is 4. The molecule has 0 aliphatic carbocycles. The molecule has 2 rings (SSSR count). The Labute approximate surface area is 138 Å². The lowest BCUT2D eigenvalue weighted by atomic mass is 10.1. The molecule has 0 aliphatic heterocycles. The Bertz CT molecular complexity index is 570. The molecule has 21 heavy (non-hydrogen) atoms. The Morgan fingerprint density at radius 1 is 1.38 bits per heavy atom. The molecule has 0 amide bonds. The number of halogens is 1. The van der Waals surface area contributed by atoms with Crippen molar-refractivity contribution in [1.82, 2.24) is 10.3 Å². The van der Waals surface area contributed by atoms with Crippen LogP contribution in [0.3, 0.4) is 0 Å². The third-order valence-electron chi connectivity index (χ3n) is 3.03. The van der Waals surface area contributed by atoms with Crippen molar-refractivity contribution in [3.8, 4) is 5.75 Å². The molecule has 2 aromatic rings. The number of nitrogens with zero attached hydrogens (tertiary/aromatic N) is 1. The summed E-state index contributed by atoms with van der Waals surface area (Å²) in [5, 5.41) is 5.49. The summed E-state index contributed by atoms with van der Waals surface area (Å²) < 4.78 is 7.09. The van der Waals surface area contributed by atoms with Crippen LogP contribution in [-0.4, -0.2) is 11.5 Å². The van der Waals surface area contributed by atoms with Crippen LogP contribution < -0.4 is 10.1 Å². The number of ether oxygens (including phenoxy) is 1. The third kappa shape index (κ3) is 5.09. The summed E-state index contributed by atoms with van der Waals surface area (Å²) in [5.74, 6) is 1.60. The van der Waals surface area contributed by atoms with Crippen molar-refractivity contribution in [1.29, 1.82) is 0 Å². The van der Waals surface area contributed by atoms with Gasteiger partial charge in [0.2, 0.25) is 0 Å². The number of rotatable bonds is 7. The standard InChI is InChI=1S/C16H21BrN2OS/c1-11(2)6-18-7-13-5-14(17)4-12(3)16(13)20-8-15-9-21-10-19-15/h4-5,9-11,18H,6-8H2,1-3H3. The number of aromatic nitrogens is 1. The molecule has 1 heterocycles. The Balaban J connectivity index is 2.09. The van der Waals surface area contributed by atoms with Gasteiger partial charge in [0.15, 0.2) is 0 Å². The largest absolute Gasteiger partial charge is 0.487 e. The van der Waals surface area contributed by atoms with Crippen LogP contribution in [0.5, 0.6) is 5.75 Å². The summed E-state index contributed by atoms with van der Waals surface area (Å²) in [6.45, 7) is 8.82. The summed E-state index contributed by atoms with van der Waals surface area (Å²) in [5.41, 5.74) is 5.13. The monoisotopic (exact) mass is 368 g/mol. The van der Waals surface area contributed by atoms with Crippen LogP contribution >= 0.6 is 27.3 Å². The fourth-order valence-corrected chi connectivity index (χ4v) is 3.25. The van der Waals surface area contributed by atoms with Crippen LogP contribution in [0.25, 0.3) is 0 Å². The maximum Gasteiger partial charge on any atom is 0.131 e. The molecule has 1 N–H and O–H groups in total. The minimum atomic E-state index is 0.517. The molecular weight excluding hydrogens is 348 g/mol. The number of nitrogens with one attached hydrogen (secondary N) is 1. The number of thiazole rings is 1. The fourth-order valence-electron chi connectivity index (χ4n) is 2.09. The Morgan fingerprint density at radius 3 is 2.86 bits per heavy atom. The van der Waals surface area contributed by atoms with Crippen LogP contribution in [0, 0.1) is 12.8 Å². The van der Waals surface area contributed by atoms with Gasteiger partial charge < -0.3 is 10.1 Å². The van der Waals surface area contributed by atoms with E-state index < -0.39 is 0 Å². The molecule has 5 heteroatoms. The van der Waals surface area contributed by atoms with Gasteiger partial charge >= 0.3 is 0 Å². The minimum absolute atomic E-state index is 0.517. The lowest BCUT2D eigenvalue weighted by Gasteiger charge is -2.15. The summed E-state index contributed by atoms with van der Waals surface area (Å²) in [6.07, 6.45) is 0. The van der Waals surface area contributed by atoms with Crippen molar-refractivity contribution in [2.24, 2.45) is 5.92 Å². The van der Waals surface area contributed by atoms with E-state index in [-0.39, 0.29) is 0 Å². The lowest BCUT2D eigenvalue weighted by Crippen LogP contribution is -2.19. The second-order valence-electron chi connectivity index (χ2n) is 5.50. The molecule has 0 saturated carbocycles. The highest BCUT2D eigenvalue weighted by Gasteiger charge is 2.10.